The van der Waals surface area contributed by atoms with Crippen molar-refractivity contribution in [3.8, 4) is 0 Å². The highest BCUT2D eigenvalue weighted by atomic mass is 14.6. The van der Waals surface area contributed by atoms with Gasteiger partial charge in [0.1, 0.15) is 0 Å². The van der Waals surface area contributed by atoms with Gasteiger partial charge in [0.2, 0.25) is 0 Å². The molecule has 1 spiro atoms. The molecule has 0 heteroatoms. The lowest BCUT2D eigenvalue weighted by Crippen LogP contribution is -2.18. The molecule has 6 atom stereocenters. The summed E-state index contributed by atoms with van der Waals surface area (Å²) >= 11 is 0. The van der Waals surface area contributed by atoms with Gasteiger partial charge in [0.15, 0.2) is 0 Å². The zero-order valence-corrected chi connectivity index (χ0v) is 6.14. The van der Waals surface area contributed by atoms with E-state index in [1.165, 1.54) is 0 Å². The summed E-state index contributed by atoms with van der Waals surface area (Å²) in [6, 6.07) is 0. The van der Waals surface area contributed by atoms with Crippen molar-refractivity contribution in [3.63, 3.8) is 0 Å². The minimum absolute atomic E-state index is 0.00954. The molecule has 56 valence electrons. The summed E-state index contributed by atoms with van der Waals surface area (Å²) in [6.07, 6.45) is 2.34. The summed E-state index contributed by atoms with van der Waals surface area (Å²) in [5, 5.41) is 0. The molecule has 0 saturated heterocycles. The Hall–Kier alpha value is 0. The van der Waals surface area contributed by atoms with E-state index in [2.05, 4.69) is 0 Å². The van der Waals surface area contributed by atoms with E-state index in [1.807, 2.05) is 0 Å². The minimum atomic E-state index is -0.679. The fraction of sp³-hybridized carbons (Fsp3) is 1.00. The second-order valence-electron chi connectivity index (χ2n) is 3.93. The van der Waals surface area contributed by atoms with E-state index in [4.69, 9.17) is 5.48 Å². The van der Waals surface area contributed by atoms with Crippen LogP contribution in [0.2, 0.25) is 0 Å². The minimum Gasteiger partial charge on any atom is -0.0525 e. The van der Waals surface area contributed by atoms with E-state index in [1.54, 1.807) is 0 Å². The van der Waals surface area contributed by atoms with Crippen LogP contribution >= 0.6 is 0 Å². The van der Waals surface area contributed by atoms with E-state index in [0.29, 0.717) is 0 Å². The van der Waals surface area contributed by atoms with Crippen LogP contribution in [0.25, 0.3) is 0 Å². The highest BCUT2D eigenvalue weighted by Gasteiger charge is 2.53. The molecule has 0 heterocycles. The van der Waals surface area contributed by atoms with Crippen LogP contribution in [0.5, 0.6) is 0 Å². The Balaban J connectivity index is 2.10. The van der Waals surface area contributed by atoms with E-state index in [-0.39, 0.29) is 11.3 Å². The summed E-state index contributed by atoms with van der Waals surface area (Å²) in [5.74, 6) is -0.669. The van der Waals surface area contributed by atoms with E-state index >= 15 is 0 Å². The molecule has 0 unspecified atom stereocenters. The monoisotopic (exact) mass is 140 g/mol. The van der Waals surface area contributed by atoms with Crippen molar-refractivity contribution in [2.24, 2.45) is 17.2 Å². The van der Waals surface area contributed by atoms with Gasteiger partial charge in [-0.3, -0.25) is 0 Å². The first-order valence-electron chi connectivity index (χ1n) is 6.53. The van der Waals surface area contributed by atoms with Gasteiger partial charge in [-0.1, -0.05) is 6.42 Å². The molecular formula is C10H16. The van der Waals surface area contributed by atoms with Gasteiger partial charge in [-0.25, -0.2) is 0 Å². The maximum atomic E-state index is 8.41. The Morgan fingerprint density at radius 2 is 2.60 bits per heavy atom. The van der Waals surface area contributed by atoms with Crippen molar-refractivity contribution >= 4 is 0 Å². The van der Waals surface area contributed by atoms with Crippen molar-refractivity contribution in [1.82, 2.24) is 0 Å². The summed E-state index contributed by atoms with van der Waals surface area (Å²) in [5.41, 5.74) is -0.281. The Kier molecular flexibility index (Phi) is 0.505. The van der Waals surface area contributed by atoms with E-state index in [9.17, 15) is 0 Å². The van der Waals surface area contributed by atoms with Crippen LogP contribution in [-0.2, 0) is 0 Å². The maximum absolute atomic E-state index is 8.41. The third-order valence-electron chi connectivity index (χ3n) is 3.39. The molecule has 0 radical (unpaired) electrons. The molecular weight excluding hydrogens is 120 g/mol. The average Bonchev–Trinajstić information content (AvgIpc) is 2.67. The SMILES string of the molecule is [2H][C@H]1[C@H]2C[C@@]3(CCC[C@@]3([2H])[C@@H]2[2H])[C@H]1[2H]. The fourth-order valence-corrected chi connectivity index (χ4v) is 2.91. The van der Waals surface area contributed by atoms with E-state index in [0.717, 1.165) is 25.7 Å². The van der Waals surface area contributed by atoms with Gasteiger partial charge in [0.25, 0.3) is 0 Å². The van der Waals surface area contributed by atoms with Crippen LogP contribution < -0.4 is 0 Å². The van der Waals surface area contributed by atoms with Crippen LogP contribution in [0.15, 0.2) is 0 Å². The van der Waals surface area contributed by atoms with Crippen molar-refractivity contribution < 1.29 is 5.48 Å². The lowest BCUT2D eigenvalue weighted by atomic mass is 9.78. The predicted octanol–water partition coefficient (Wildman–Crippen LogP) is 2.98. The molecule has 0 aromatic heterocycles. The molecule has 0 aliphatic heterocycles. The Morgan fingerprint density at radius 3 is 3.60 bits per heavy atom. The number of hydrogen-bond acceptors (Lipinski definition) is 0. The molecule has 0 nitrogen and oxygen atoms in total. The van der Waals surface area contributed by atoms with Gasteiger partial charge in [-0.15, -0.1) is 0 Å². The van der Waals surface area contributed by atoms with Gasteiger partial charge >= 0.3 is 0 Å². The Morgan fingerprint density at radius 1 is 1.60 bits per heavy atom. The summed E-state index contributed by atoms with van der Waals surface area (Å²) in [4.78, 5) is 0. The Labute approximate surface area is 68.6 Å². The van der Waals surface area contributed by atoms with Gasteiger partial charge in [-0.2, -0.15) is 0 Å². The molecule has 3 saturated carbocycles. The second kappa shape index (κ2) is 1.60. The topological polar surface area (TPSA) is 0 Å². The van der Waals surface area contributed by atoms with Crippen LogP contribution in [-0.4, -0.2) is 0 Å². The van der Waals surface area contributed by atoms with Crippen LogP contribution in [0.3, 0.4) is 0 Å². The first kappa shape index (κ1) is 3.16. The fourth-order valence-electron chi connectivity index (χ4n) is 2.91. The standard InChI is InChI=1S/C10H16/c1-2-9-6-8-3-5-10(9,4-1)7-8/h8-9H,1-7H2/t8-,9+,10-/m1/s1/i3D,5D,6D,9D/t3-,5+,6-,8-,9+,10-. The molecule has 3 rings (SSSR count). The normalized spacial score (nSPS) is 92.8. The van der Waals surface area contributed by atoms with E-state index < -0.39 is 25.1 Å². The largest absolute Gasteiger partial charge is 0.0525 e. The number of fused-ring (bicyclic) bond motifs is 1. The summed E-state index contributed by atoms with van der Waals surface area (Å²) in [7, 11) is 0. The second-order valence-corrected chi connectivity index (χ2v) is 3.93. The highest BCUT2D eigenvalue weighted by molar-refractivity contribution is 5.04. The average molecular weight is 140 g/mol. The van der Waals surface area contributed by atoms with Crippen molar-refractivity contribution in [2.75, 3.05) is 0 Å². The van der Waals surface area contributed by atoms with Gasteiger partial charge < -0.3 is 0 Å². The van der Waals surface area contributed by atoms with Gasteiger partial charge in [0.05, 0.1) is 0 Å². The summed E-state index contributed by atoms with van der Waals surface area (Å²) < 4.78 is 32.4. The number of hydrogen-bond donors (Lipinski definition) is 0. The highest BCUT2D eigenvalue weighted by Crippen LogP contribution is 2.64. The zero-order valence-electron chi connectivity index (χ0n) is 10.1. The van der Waals surface area contributed by atoms with Gasteiger partial charge in [0, 0.05) is 5.48 Å². The predicted molar refractivity (Wildman–Crippen MR) is 41.7 cm³/mol. The molecule has 0 aromatic carbocycles. The molecule has 0 aromatic rings. The van der Waals surface area contributed by atoms with Crippen LogP contribution in [0.1, 0.15) is 50.4 Å². The van der Waals surface area contributed by atoms with Crippen LogP contribution in [0.4, 0.5) is 0 Å². The van der Waals surface area contributed by atoms with Crippen molar-refractivity contribution in [3.05, 3.63) is 0 Å². The molecule has 3 fully saturated rings. The quantitative estimate of drug-likeness (QED) is 0.485. The maximum Gasteiger partial charge on any atom is 0.0308 e. The molecule has 2 bridgehead atoms. The molecule has 10 heavy (non-hydrogen) atoms. The summed E-state index contributed by atoms with van der Waals surface area (Å²) in [6.45, 7) is 0. The molecule has 3 aliphatic carbocycles. The molecule has 0 N–H and O–H groups in total. The third kappa shape index (κ3) is 0.500. The van der Waals surface area contributed by atoms with Crippen molar-refractivity contribution in [2.45, 2.75) is 44.9 Å². The lowest BCUT2D eigenvalue weighted by Gasteiger charge is -2.27. The first-order chi connectivity index (χ1) is 6.53. The zero-order chi connectivity index (χ0) is 10.1. The Bertz CT molecular complexity index is 279. The van der Waals surface area contributed by atoms with Crippen LogP contribution in [0, 0.1) is 17.2 Å². The molecule has 3 aliphatic rings. The van der Waals surface area contributed by atoms with Crippen molar-refractivity contribution in [1.29, 1.82) is 0 Å². The van der Waals surface area contributed by atoms with Gasteiger partial charge in [-0.05, 0) is 55.7 Å². The smallest absolute Gasteiger partial charge is 0.0308 e. The molecule has 0 amide bonds. The lowest BCUT2D eigenvalue weighted by molar-refractivity contribution is 0.227. The number of rotatable bonds is 0. The first-order valence-corrected chi connectivity index (χ1v) is 4.30. The third-order valence-corrected chi connectivity index (χ3v) is 3.39.